The summed E-state index contributed by atoms with van der Waals surface area (Å²) in [5.41, 5.74) is 2.42. The molecular weight excluding hydrogens is 330 g/mol. The van der Waals surface area contributed by atoms with Crippen LogP contribution in [0.1, 0.15) is 25.5 Å². The number of nitrogens with one attached hydrogen (secondary N) is 1. The summed E-state index contributed by atoms with van der Waals surface area (Å²) in [6.07, 6.45) is -0.611. The number of halogens is 1. The highest BCUT2D eigenvalue weighted by atomic mass is 79.9. The molecule has 2 aromatic carbocycles. The molecule has 0 amide bonds. The number of hydrogen-bond donors (Lipinski definition) is 2. The lowest BCUT2D eigenvalue weighted by molar-refractivity contribution is 0.0235. The van der Waals surface area contributed by atoms with Gasteiger partial charge in [-0.1, -0.05) is 34.1 Å². The minimum Gasteiger partial charge on any atom is -0.486 e. The molecule has 0 saturated carbocycles. The molecule has 2 heterocycles. The summed E-state index contributed by atoms with van der Waals surface area (Å²) < 4.78 is 6.08. The molecule has 1 aromatic heterocycles. The van der Waals surface area contributed by atoms with Crippen LogP contribution in [0, 0.1) is 0 Å². The minimum atomic E-state index is -0.611. The average Bonchev–Trinajstić information content (AvgIpc) is 2.82. The molecular formula is C17H16BrNO2. The van der Waals surface area contributed by atoms with Crippen LogP contribution in [-0.2, 0) is 0 Å². The van der Waals surface area contributed by atoms with Gasteiger partial charge < -0.3 is 14.8 Å². The highest BCUT2D eigenvalue weighted by Gasteiger charge is 2.42. The Hall–Kier alpha value is -1.52. The van der Waals surface area contributed by atoms with Gasteiger partial charge in [0.2, 0.25) is 0 Å². The summed E-state index contributed by atoms with van der Waals surface area (Å²) in [4.78, 5) is 3.27. The molecule has 4 rings (SSSR count). The fourth-order valence-corrected chi connectivity index (χ4v) is 3.53. The van der Waals surface area contributed by atoms with Gasteiger partial charge in [0, 0.05) is 21.9 Å². The third-order valence-corrected chi connectivity index (χ3v) is 5.90. The summed E-state index contributed by atoms with van der Waals surface area (Å²) >= 11 is 3.59. The van der Waals surface area contributed by atoms with Crippen LogP contribution in [0.4, 0.5) is 0 Å². The van der Waals surface area contributed by atoms with Gasteiger partial charge in [0.25, 0.3) is 0 Å². The molecule has 108 valence electrons. The number of rotatable bonds is 0. The van der Waals surface area contributed by atoms with Gasteiger partial charge in [-0.2, -0.15) is 0 Å². The van der Waals surface area contributed by atoms with Crippen LogP contribution < -0.4 is 4.74 Å². The maximum absolute atomic E-state index is 10.7. The van der Waals surface area contributed by atoms with E-state index in [1.807, 2.05) is 38.1 Å². The van der Waals surface area contributed by atoms with Gasteiger partial charge >= 0.3 is 0 Å². The quantitative estimate of drug-likeness (QED) is 0.597. The summed E-state index contributed by atoms with van der Waals surface area (Å²) in [6.45, 7) is 3.96. The zero-order valence-electron chi connectivity index (χ0n) is 11.9. The fraction of sp³-hybridized carbons (Fsp3) is 0.294. The first-order chi connectivity index (χ1) is 9.99. The average molecular weight is 346 g/mol. The molecule has 1 aliphatic rings. The van der Waals surface area contributed by atoms with Crippen LogP contribution in [0.2, 0.25) is 0 Å². The molecule has 0 radical (unpaired) electrons. The standard InChI is InChI=1S/C17H16BrNO2/c1-17(2)16(18)15(20)13-12(21-17)8-7-10-9-5-3-4-6-11(9)19-14(10)13/h3-8,15-16,19-20H,1-2H3/t15-,16+/m1/s1. The first-order valence-corrected chi connectivity index (χ1v) is 7.95. The van der Waals surface area contributed by atoms with Gasteiger partial charge in [0.15, 0.2) is 0 Å². The topological polar surface area (TPSA) is 45.2 Å². The molecule has 0 aliphatic carbocycles. The molecule has 2 N–H and O–H groups in total. The third kappa shape index (κ3) is 1.75. The molecule has 0 unspecified atom stereocenters. The van der Waals surface area contributed by atoms with Crippen LogP contribution in [0.15, 0.2) is 36.4 Å². The molecule has 21 heavy (non-hydrogen) atoms. The lowest BCUT2D eigenvalue weighted by Crippen LogP contribution is -2.45. The highest BCUT2D eigenvalue weighted by Crippen LogP contribution is 2.46. The van der Waals surface area contributed by atoms with Gasteiger partial charge in [-0.3, -0.25) is 0 Å². The number of para-hydroxylation sites is 1. The minimum absolute atomic E-state index is 0.158. The van der Waals surface area contributed by atoms with Crippen molar-refractivity contribution in [3.8, 4) is 5.75 Å². The Morgan fingerprint density at radius 3 is 2.71 bits per heavy atom. The summed E-state index contributed by atoms with van der Waals surface area (Å²) in [5, 5.41) is 13.0. The van der Waals surface area contributed by atoms with Crippen molar-refractivity contribution in [2.24, 2.45) is 0 Å². The van der Waals surface area contributed by atoms with Gasteiger partial charge in [-0.05, 0) is 32.0 Å². The molecule has 3 nitrogen and oxygen atoms in total. The summed E-state index contributed by atoms with van der Waals surface area (Å²) in [7, 11) is 0. The first-order valence-electron chi connectivity index (χ1n) is 7.03. The number of aromatic nitrogens is 1. The fourth-order valence-electron chi connectivity index (χ4n) is 3.17. The van der Waals surface area contributed by atoms with E-state index in [9.17, 15) is 5.11 Å². The Bertz CT molecular complexity index is 852. The van der Waals surface area contributed by atoms with Crippen molar-refractivity contribution in [3.63, 3.8) is 0 Å². The first kappa shape index (κ1) is 13.2. The Labute approximate surface area is 131 Å². The number of hydrogen-bond acceptors (Lipinski definition) is 2. The Balaban J connectivity index is 2.07. The second-order valence-electron chi connectivity index (χ2n) is 6.12. The number of ether oxygens (including phenoxy) is 1. The van der Waals surface area contributed by atoms with E-state index in [-0.39, 0.29) is 4.83 Å². The summed E-state index contributed by atoms with van der Waals surface area (Å²) in [5.74, 6) is 0.752. The molecule has 2 atom stereocenters. The van der Waals surface area contributed by atoms with Gasteiger partial charge in [-0.25, -0.2) is 0 Å². The zero-order chi connectivity index (χ0) is 14.8. The predicted molar refractivity (Wildman–Crippen MR) is 88.2 cm³/mol. The Kier molecular flexibility index (Phi) is 2.66. The number of aliphatic hydroxyl groups excluding tert-OH is 1. The van der Waals surface area contributed by atoms with Crippen molar-refractivity contribution in [1.82, 2.24) is 4.98 Å². The van der Waals surface area contributed by atoms with E-state index in [1.165, 1.54) is 5.39 Å². The van der Waals surface area contributed by atoms with Gasteiger partial charge in [0.1, 0.15) is 17.5 Å². The maximum Gasteiger partial charge on any atom is 0.128 e. The Morgan fingerprint density at radius 1 is 1.14 bits per heavy atom. The van der Waals surface area contributed by atoms with Crippen LogP contribution in [0.5, 0.6) is 5.75 Å². The number of alkyl halides is 1. The predicted octanol–water partition coefficient (Wildman–Crippen LogP) is 4.29. The van der Waals surface area contributed by atoms with E-state index < -0.39 is 11.7 Å². The zero-order valence-corrected chi connectivity index (χ0v) is 13.4. The maximum atomic E-state index is 10.7. The van der Waals surface area contributed by atoms with Crippen LogP contribution in [-0.4, -0.2) is 20.5 Å². The molecule has 1 aliphatic heterocycles. The second kappa shape index (κ2) is 4.24. The molecule has 4 heteroatoms. The lowest BCUT2D eigenvalue weighted by atomic mass is 9.90. The number of benzene rings is 2. The van der Waals surface area contributed by atoms with Gasteiger partial charge in [-0.15, -0.1) is 0 Å². The van der Waals surface area contributed by atoms with E-state index in [1.54, 1.807) is 0 Å². The van der Waals surface area contributed by atoms with Crippen LogP contribution in [0.3, 0.4) is 0 Å². The number of H-pyrrole nitrogens is 1. The molecule has 0 saturated heterocycles. The lowest BCUT2D eigenvalue weighted by Gasteiger charge is -2.40. The SMILES string of the molecule is CC1(C)Oc2ccc3c([nH]c4ccccc43)c2[C@@H](O)[C@@H]1Br. The van der Waals surface area contributed by atoms with Crippen molar-refractivity contribution < 1.29 is 9.84 Å². The van der Waals surface area contributed by atoms with E-state index in [4.69, 9.17) is 4.74 Å². The van der Waals surface area contributed by atoms with E-state index >= 15 is 0 Å². The van der Waals surface area contributed by atoms with E-state index in [2.05, 4.69) is 33.0 Å². The van der Waals surface area contributed by atoms with Crippen molar-refractivity contribution in [1.29, 1.82) is 0 Å². The molecule has 0 spiro atoms. The third-order valence-electron chi connectivity index (χ3n) is 4.29. The van der Waals surface area contributed by atoms with Crippen molar-refractivity contribution in [3.05, 3.63) is 42.0 Å². The normalized spacial score (nSPS) is 24.0. The molecule has 0 bridgehead atoms. The monoisotopic (exact) mass is 345 g/mol. The van der Waals surface area contributed by atoms with E-state index in [0.717, 1.165) is 27.7 Å². The number of aliphatic hydroxyl groups is 1. The van der Waals surface area contributed by atoms with Crippen molar-refractivity contribution in [2.45, 2.75) is 30.4 Å². The highest BCUT2D eigenvalue weighted by molar-refractivity contribution is 9.09. The van der Waals surface area contributed by atoms with Gasteiger partial charge in [0.05, 0.1) is 10.3 Å². The summed E-state index contributed by atoms with van der Waals surface area (Å²) in [6, 6.07) is 12.2. The van der Waals surface area contributed by atoms with Crippen LogP contribution in [0.25, 0.3) is 21.8 Å². The largest absolute Gasteiger partial charge is 0.486 e. The second-order valence-corrected chi connectivity index (χ2v) is 7.11. The molecule has 3 aromatic rings. The van der Waals surface area contributed by atoms with E-state index in [0.29, 0.717) is 0 Å². The van der Waals surface area contributed by atoms with Crippen LogP contribution >= 0.6 is 15.9 Å². The molecule has 0 fully saturated rings. The van der Waals surface area contributed by atoms with Crippen molar-refractivity contribution in [2.75, 3.05) is 0 Å². The van der Waals surface area contributed by atoms with Crippen molar-refractivity contribution >= 4 is 37.7 Å². The Morgan fingerprint density at radius 2 is 1.90 bits per heavy atom. The number of fused-ring (bicyclic) bond motifs is 5. The number of aromatic amines is 1. The smallest absolute Gasteiger partial charge is 0.128 e.